The maximum atomic E-state index is 9.49. The summed E-state index contributed by atoms with van der Waals surface area (Å²) in [6, 6.07) is 15.7. The van der Waals surface area contributed by atoms with Crippen molar-refractivity contribution in [1.29, 1.82) is 0 Å². The fourth-order valence-electron chi connectivity index (χ4n) is 2.27. The van der Waals surface area contributed by atoms with E-state index < -0.39 is 0 Å². The fourth-order valence-corrected chi connectivity index (χ4v) is 2.45. The minimum Gasteiger partial charge on any atom is -0.390 e. The van der Waals surface area contributed by atoms with E-state index in [4.69, 9.17) is 11.6 Å². The van der Waals surface area contributed by atoms with Crippen LogP contribution in [0.3, 0.4) is 0 Å². The molecule has 0 radical (unpaired) electrons. The lowest BCUT2D eigenvalue weighted by atomic mass is 10.0. The van der Waals surface area contributed by atoms with Crippen LogP contribution < -0.4 is 0 Å². The van der Waals surface area contributed by atoms with Crippen molar-refractivity contribution >= 4 is 22.5 Å². The molecule has 0 aliphatic heterocycles. The van der Waals surface area contributed by atoms with Crippen LogP contribution >= 0.6 is 11.6 Å². The zero-order valence-electron chi connectivity index (χ0n) is 9.65. The molecule has 3 rings (SSSR count). The Balaban J connectivity index is 2.35. The van der Waals surface area contributed by atoms with Crippen LogP contribution in [0.1, 0.15) is 5.69 Å². The largest absolute Gasteiger partial charge is 0.390 e. The number of fused-ring (bicyclic) bond motifs is 1. The Morgan fingerprint density at radius 2 is 1.83 bits per heavy atom. The van der Waals surface area contributed by atoms with Gasteiger partial charge in [-0.2, -0.15) is 0 Å². The fraction of sp³-hybridized carbons (Fsp3) is 0.0667. The lowest BCUT2D eigenvalue weighted by molar-refractivity contribution is 0.278. The van der Waals surface area contributed by atoms with Crippen molar-refractivity contribution in [3.05, 3.63) is 59.2 Å². The van der Waals surface area contributed by atoms with Gasteiger partial charge >= 0.3 is 0 Å². The molecule has 3 heteroatoms. The van der Waals surface area contributed by atoms with E-state index >= 15 is 0 Å². The number of aromatic nitrogens is 1. The first-order valence-corrected chi connectivity index (χ1v) is 6.14. The molecule has 2 aromatic carbocycles. The number of nitrogens with one attached hydrogen (secondary N) is 1. The third kappa shape index (κ3) is 1.80. The molecule has 0 saturated heterocycles. The highest BCUT2D eigenvalue weighted by Crippen LogP contribution is 2.33. The number of aliphatic hydroxyl groups excluding tert-OH is 1. The van der Waals surface area contributed by atoms with Gasteiger partial charge in [0.15, 0.2) is 0 Å². The highest BCUT2D eigenvalue weighted by atomic mass is 35.5. The van der Waals surface area contributed by atoms with Crippen LogP contribution in [-0.2, 0) is 6.61 Å². The number of hydrogen-bond acceptors (Lipinski definition) is 1. The summed E-state index contributed by atoms with van der Waals surface area (Å²) in [7, 11) is 0. The average molecular weight is 258 g/mol. The molecule has 0 bridgehead atoms. The summed E-state index contributed by atoms with van der Waals surface area (Å²) in [5.41, 5.74) is 3.91. The summed E-state index contributed by atoms with van der Waals surface area (Å²) in [6.07, 6.45) is 0. The predicted molar refractivity (Wildman–Crippen MR) is 74.7 cm³/mol. The van der Waals surface area contributed by atoms with Gasteiger partial charge in [-0.05, 0) is 23.8 Å². The molecule has 0 fully saturated rings. The number of aliphatic hydroxyl groups is 1. The summed E-state index contributed by atoms with van der Waals surface area (Å²) < 4.78 is 0. The molecule has 0 aliphatic carbocycles. The molecular formula is C15H12ClNO. The molecule has 0 saturated carbocycles. The summed E-state index contributed by atoms with van der Waals surface area (Å²) in [5, 5.41) is 11.2. The van der Waals surface area contributed by atoms with Gasteiger partial charge in [-0.25, -0.2) is 0 Å². The van der Waals surface area contributed by atoms with Crippen LogP contribution in [0.25, 0.3) is 22.0 Å². The summed E-state index contributed by atoms with van der Waals surface area (Å²) in [4.78, 5) is 3.23. The molecule has 0 unspecified atom stereocenters. The van der Waals surface area contributed by atoms with Gasteiger partial charge in [0.05, 0.1) is 6.61 Å². The first-order chi connectivity index (χ1) is 8.79. The lowest BCUT2D eigenvalue weighted by Crippen LogP contribution is -1.86. The normalized spacial score (nSPS) is 11.0. The van der Waals surface area contributed by atoms with E-state index in [0.29, 0.717) is 5.02 Å². The van der Waals surface area contributed by atoms with Crippen molar-refractivity contribution < 1.29 is 5.11 Å². The molecule has 18 heavy (non-hydrogen) atoms. The zero-order chi connectivity index (χ0) is 12.5. The standard InChI is InChI=1S/C15H12ClNO/c16-11-6-7-13-12(8-11)15(14(9-18)17-13)10-4-2-1-3-5-10/h1-8,17-18H,9H2. The molecule has 3 aromatic rings. The monoisotopic (exact) mass is 257 g/mol. The smallest absolute Gasteiger partial charge is 0.0837 e. The van der Waals surface area contributed by atoms with Gasteiger partial charge in [0.25, 0.3) is 0 Å². The van der Waals surface area contributed by atoms with Gasteiger partial charge in [-0.15, -0.1) is 0 Å². The van der Waals surface area contributed by atoms with Gasteiger partial charge in [0.1, 0.15) is 0 Å². The summed E-state index contributed by atoms with van der Waals surface area (Å²) in [6.45, 7) is -0.0173. The molecular weight excluding hydrogens is 246 g/mol. The maximum Gasteiger partial charge on any atom is 0.0837 e. The third-order valence-electron chi connectivity index (χ3n) is 3.06. The highest BCUT2D eigenvalue weighted by Gasteiger charge is 2.12. The topological polar surface area (TPSA) is 36.0 Å². The Morgan fingerprint density at radius 3 is 2.56 bits per heavy atom. The van der Waals surface area contributed by atoms with Crippen molar-refractivity contribution in [3.8, 4) is 11.1 Å². The van der Waals surface area contributed by atoms with Gasteiger partial charge < -0.3 is 10.1 Å². The summed E-state index contributed by atoms with van der Waals surface area (Å²) >= 11 is 6.05. The van der Waals surface area contributed by atoms with Crippen LogP contribution in [0, 0.1) is 0 Å². The first-order valence-electron chi connectivity index (χ1n) is 5.76. The molecule has 0 aliphatic rings. The van der Waals surface area contributed by atoms with Crippen molar-refractivity contribution in [3.63, 3.8) is 0 Å². The maximum absolute atomic E-state index is 9.49. The van der Waals surface area contributed by atoms with Gasteiger partial charge in [-0.1, -0.05) is 41.9 Å². The second-order valence-electron chi connectivity index (χ2n) is 4.19. The first kappa shape index (κ1) is 11.3. The predicted octanol–water partition coefficient (Wildman–Crippen LogP) is 3.98. The van der Waals surface area contributed by atoms with Crippen molar-refractivity contribution in [2.24, 2.45) is 0 Å². The number of benzene rings is 2. The lowest BCUT2D eigenvalue weighted by Gasteiger charge is -2.02. The van der Waals surface area contributed by atoms with Gasteiger partial charge in [0, 0.05) is 27.2 Å². The molecule has 0 spiro atoms. The SMILES string of the molecule is OCc1[nH]c2ccc(Cl)cc2c1-c1ccccc1. The Morgan fingerprint density at radius 1 is 1.06 bits per heavy atom. The van der Waals surface area contributed by atoms with Gasteiger partial charge in [0.2, 0.25) is 0 Å². The van der Waals surface area contributed by atoms with Crippen LogP contribution in [0.4, 0.5) is 0 Å². The Labute approximate surface area is 110 Å². The number of halogens is 1. The van der Waals surface area contributed by atoms with E-state index in [9.17, 15) is 5.11 Å². The number of rotatable bonds is 2. The molecule has 0 amide bonds. The molecule has 1 heterocycles. The second-order valence-corrected chi connectivity index (χ2v) is 4.63. The molecule has 2 nitrogen and oxygen atoms in total. The number of aromatic amines is 1. The highest BCUT2D eigenvalue weighted by molar-refractivity contribution is 6.31. The molecule has 0 atom stereocenters. The number of H-pyrrole nitrogens is 1. The summed E-state index contributed by atoms with van der Waals surface area (Å²) in [5.74, 6) is 0. The molecule has 2 N–H and O–H groups in total. The Bertz CT molecular complexity index is 688. The van der Waals surface area contributed by atoms with Crippen LogP contribution in [0.5, 0.6) is 0 Å². The Kier molecular flexibility index (Phi) is 2.82. The molecule has 1 aromatic heterocycles. The zero-order valence-corrected chi connectivity index (χ0v) is 10.4. The van der Waals surface area contributed by atoms with Crippen molar-refractivity contribution in [2.45, 2.75) is 6.61 Å². The van der Waals surface area contributed by atoms with E-state index in [-0.39, 0.29) is 6.61 Å². The van der Waals surface area contributed by atoms with Crippen LogP contribution in [0.15, 0.2) is 48.5 Å². The van der Waals surface area contributed by atoms with Crippen molar-refractivity contribution in [2.75, 3.05) is 0 Å². The third-order valence-corrected chi connectivity index (χ3v) is 3.29. The molecule has 90 valence electrons. The number of hydrogen-bond donors (Lipinski definition) is 2. The average Bonchev–Trinajstić information content (AvgIpc) is 2.77. The minimum atomic E-state index is -0.0173. The van der Waals surface area contributed by atoms with Crippen molar-refractivity contribution in [1.82, 2.24) is 4.98 Å². The van der Waals surface area contributed by atoms with E-state index in [1.165, 1.54) is 0 Å². The Hall–Kier alpha value is -1.77. The minimum absolute atomic E-state index is 0.0173. The van der Waals surface area contributed by atoms with Crippen LogP contribution in [-0.4, -0.2) is 10.1 Å². The van der Waals surface area contributed by atoms with E-state index in [1.54, 1.807) is 0 Å². The quantitative estimate of drug-likeness (QED) is 0.716. The van der Waals surface area contributed by atoms with E-state index in [1.807, 2.05) is 48.5 Å². The second kappa shape index (κ2) is 4.48. The van der Waals surface area contributed by atoms with Crippen LogP contribution in [0.2, 0.25) is 5.02 Å². The van der Waals surface area contributed by atoms with E-state index in [2.05, 4.69) is 4.98 Å². The van der Waals surface area contributed by atoms with Gasteiger partial charge in [-0.3, -0.25) is 0 Å². The van der Waals surface area contributed by atoms with E-state index in [0.717, 1.165) is 27.7 Å².